The summed E-state index contributed by atoms with van der Waals surface area (Å²) in [6.45, 7) is 0.901. The number of aliphatic imine (C=N–C) groups is 1. The van der Waals surface area contributed by atoms with Gasteiger partial charge in [-0.3, -0.25) is 9.59 Å². The third-order valence-electron chi connectivity index (χ3n) is 8.44. The first-order valence-electron chi connectivity index (χ1n) is 17.1. The van der Waals surface area contributed by atoms with Gasteiger partial charge in [0.2, 0.25) is 0 Å². The van der Waals surface area contributed by atoms with Crippen LogP contribution >= 0.6 is 15.9 Å². The fourth-order valence-electron chi connectivity index (χ4n) is 5.59. The van der Waals surface area contributed by atoms with Gasteiger partial charge in [-0.05, 0) is 70.1 Å². The Kier molecular flexibility index (Phi) is 12.8. The summed E-state index contributed by atoms with van der Waals surface area (Å²) in [5.74, 6) is -0.273. The van der Waals surface area contributed by atoms with Crippen LogP contribution < -0.4 is 14.2 Å². The molecule has 6 aromatic carbocycles. The van der Waals surface area contributed by atoms with E-state index in [0.29, 0.717) is 41.4 Å². The summed E-state index contributed by atoms with van der Waals surface area (Å²) in [6.07, 6.45) is 1.68. The fraction of sp³-hybridized carbons (Fsp3) is 0.133. The van der Waals surface area contributed by atoms with Crippen LogP contribution in [-0.4, -0.2) is 25.2 Å². The fourth-order valence-corrected chi connectivity index (χ4v) is 5.96. The van der Waals surface area contributed by atoms with Gasteiger partial charge in [-0.1, -0.05) is 137 Å². The van der Waals surface area contributed by atoms with E-state index in [1.807, 2.05) is 133 Å². The lowest BCUT2D eigenvalue weighted by Crippen LogP contribution is -2.20. The van der Waals surface area contributed by atoms with Crippen LogP contribution in [0.1, 0.15) is 32.6 Å². The van der Waals surface area contributed by atoms with Gasteiger partial charge in [0.15, 0.2) is 11.5 Å². The third-order valence-corrected chi connectivity index (χ3v) is 8.93. The van der Waals surface area contributed by atoms with Crippen molar-refractivity contribution in [3.05, 3.63) is 184 Å². The van der Waals surface area contributed by atoms with E-state index >= 15 is 0 Å². The van der Waals surface area contributed by atoms with Gasteiger partial charge in [0, 0.05) is 10.7 Å². The highest BCUT2D eigenvalue weighted by atomic mass is 79.9. The molecular weight excluding hydrogens is 730 g/mol. The second kappa shape index (κ2) is 18.5. The maximum absolute atomic E-state index is 13.5. The summed E-state index contributed by atoms with van der Waals surface area (Å²) in [7, 11) is 1.32. The number of methoxy groups -OCH3 is 1. The Bertz CT molecular complexity index is 2140. The molecular formula is C45H38BrNO6. The van der Waals surface area contributed by atoms with Gasteiger partial charge in [-0.2, -0.15) is 0 Å². The van der Waals surface area contributed by atoms with E-state index in [2.05, 4.69) is 20.9 Å². The lowest BCUT2D eigenvalue weighted by atomic mass is 9.97. The molecule has 6 rings (SSSR count). The van der Waals surface area contributed by atoms with E-state index in [4.69, 9.17) is 18.9 Å². The van der Waals surface area contributed by atoms with Crippen molar-refractivity contribution < 1.29 is 28.5 Å². The van der Waals surface area contributed by atoms with E-state index in [1.54, 1.807) is 18.2 Å². The molecule has 1 atom stereocenters. The average molecular weight is 769 g/mol. The van der Waals surface area contributed by atoms with Gasteiger partial charge in [-0.25, -0.2) is 4.99 Å². The number of hydrogen-bond acceptors (Lipinski definition) is 6. The zero-order valence-electron chi connectivity index (χ0n) is 29.2. The minimum absolute atomic E-state index is 0.149. The SMILES string of the molecule is COC(=O)C(C=NC(=O)c1cc(Br)ccc1OCc1ccc(OCc2ccccc2)c(OCc2ccccc2)c1)Cc1ccc(-c2ccccc2)cc1. The molecule has 53 heavy (non-hydrogen) atoms. The number of carbonyl (C=O) groups is 2. The first kappa shape index (κ1) is 36.8. The number of amides is 1. The maximum Gasteiger partial charge on any atom is 0.314 e. The molecule has 0 bridgehead atoms. The number of benzene rings is 6. The Morgan fingerprint density at radius 2 is 1.11 bits per heavy atom. The number of hydrogen-bond donors (Lipinski definition) is 0. The Labute approximate surface area is 318 Å². The third kappa shape index (κ3) is 10.5. The van der Waals surface area contributed by atoms with Crippen molar-refractivity contribution in [3.8, 4) is 28.4 Å². The molecule has 0 fully saturated rings. The molecule has 0 aromatic heterocycles. The van der Waals surface area contributed by atoms with Crippen LogP contribution in [0.15, 0.2) is 161 Å². The van der Waals surface area contributed by atoms with Gasteiger partial charge in [0.1, 0.15) is 25.6 Å². The normalized spacial score (nSPS) is 11.5. The van der Waals surface area contributed by atoms with Gasteiger partial charge in [-0.15, -0.1) is 0 Å². The van der Waals surface area contributed by atoms with E-state index < -0.39 is 17.8 Å². The van der Waals surface area contributed by atoms with Gasteiger partial charge in [0.05, 0.1) is 18.6 Å². The molecule has 0 spiro atoms. The molecule has 0 aliphatic rings. The Balaban J connectivity index is 1.15. The Hall–Kier alpha value is -5.99. The van der Waals surface area contributed by atoms with Gasteiger partial charge < -0.3 is 18.9 Å². The predicted octanol–water partition coefficient (Wildman–Crippen LogP) is 10.1. The number of ether oxygens (including phenoxy) is 4. The zero-order valence-corrected chi connectivity index (χ0v) is 30.8. The van der Waals surface area contributed by atoms with Crippen molar-refractivity contribution in [2.75, 3.05) is 7.11 Å². The molecule has 0 aliphatic carbocycles. The van der Waals surface area contributed by atoms with Crippen molar-refractivity contribution in [2.24, 2.45) is 10.9 Å². The average Bonchev–Trinajstić information content (AvgIpc) is 3.21. The summed E-state index contributed by atoms with van der Waals surface area (Å²) in [5.41, 5.74) is 6.21. The smallest absolute Gasteiger partial charge is 0.314 e. The second-order valence-electron chi connectivity index (χ2n) is 12.2. The molecule has 0 N–H and O–H groups in total. The zero-order chi connectivity index (χ0) is 36.8. The lowest BCUT2D eigenvalue weighted by molar-refractivity contribution is -0.142. The quantitative estimate of drug-likeness (QED) is 0.0764. The molecule has 8 heteroatoms. The summed E-state index contributed by atoms with van der Waals surface area (Å²) < 4.78 is 24.3. The van der Waals surface area contributed by atoms with E-state index in [1.165, 1.54) is 13.3 Å². The van der Waals surface area contributed by atoms with Crippen molar-refractivity contribution in [1.82, 2.24) is 0 Å². The molecule has 266 valence electrons. The first-order valence-corrected chi connectivity index (χ1v) is 17.9. The van der Waals surface area contributed by atoms with E-state index in [9.17, 15) is 9.59 Å². The highest BCUT2D eigenvalue weighted by Gasteiger charge is 2.20. The van der Waals surface area contributed by atoms with Crippen LogP contribution in [0.4, 0.5) is 0 Å². The van der Waals surface area contributed by atoms with Crippen molar-refractivity contribution >= 4 is 34.0 Å². The van der Waals surface area contributed by atoms with Crippen LogP contribution in [0.5, 0.6) is 17.2 Å². The molecule has 6 aromatic rings. The minimum Gasteiger partial charge on any atom is -0.488 e. The Morgan fingerprint density at radius 3 is 1.75 bits per heavy atom. The number of nitrogens with zero attached hydrogens (tertiary/aromatic N) is 1. The molecule has 0 saturated heterocycles. The summed E-state index contributed by atoms with van der Waals surface area (Å²) in [6, 6.07) is 48.6. The van der Waals surface area contributed by atoms with Crippen LogP contribution in [0.3, 0.4) is 0 Å². The number of carbonyl (C=O) groups excluding carboxylic acids is 2. The van der Waals surface area contributed by atoms with Crippen LogP contribution in [0.2, 0.25) is 0 Å². The van der Waals surface area contributed by atoms with Gasteiger partial charge in [0.25, 0.3) is 5.91 Å². The highest BCUT2D eigenvalue weighted by molar-refractivity contribution is 9.10. The van der Waals surface area contributed by atoms with Crippen LogP contribution in [-0.2, 0) is 35.8 Å². The maximum atomic E-state index is 13.5. The predicted molar refractivity (Wildman–Crippen MR) is 210 cm³/mol. The topological polar surface area (TPSA) is 83.4 Å². The number of rotatable bonds is 15. The molecule has 0 heterocycles. The van der Waals surface area contributed by atoms with Gasteiger partial charge >= 0.3 is 5.97 Å². The second-order valence-corrected chi connectivity index (χ2v) is 13.2. The molecule has 7 nitrogen and oxygen atoms in total. The molecule has 1 unspecified atom stereocenters. The Morgan fingerprint density at radius 1 is 0.585 bits per heavy atom. The molecule has 0 radical (unpaired) electrons. The van der Waals surface area contributed by atoms with Crippen molar-refractivity contribution in [2.45, 2.75) is 26.2 Å². The molecule has 0 saturated carbocycles. The standard InChI is InChI=1S/C45H38BrNO6/c1-50-45(49)38(25-32-17-20-37(21-18-32)36-15-9-4-10-16-36)28-47-44(48)40-27-39(46)22-24-41(40)51-31-35-19-23-42(52-29-33-11-5-2-6-12-33)43(26-35)53-30-34-13-7-3-8-14-34/h2-24,26-28,38H,25,29-31H2,1H3. The lowest BCUT2D eigenvalue weighted by Gasteiger charge is -2.16. The van der Waals surface area contributed by atoms with Crippen LogP contribution in [0, 0.1) is 5.92 Å². The summed E-state index contributed by atoms with van der Waals surface area (Å²) in [5, 5.41) is 0. The highest BCUT2D eigenvalue weighted by Crippen LogP contribution is 2.32. The number of esters is 1. The largest absolute Gasteiger partial charge is 0.488 e. The summed E-state index contributed by atoms with van der Waals surface area (Å²) in [4.78, 5) is 30.5. The number of halogens is 1. The van der Waals surface area contributed by atoms with Crippen LogP contribution in [0.25, 0.3) is 11.1 Å². The monoisotopic (exact) mass is 767 g/mol. The molecule has 1 amide bonds. The molecule has 0 aliphatic heterocycles. The summed E-state index contributed by atoms with van der Waals surface area (Å²) >= 11 is 3.46. The first-order chi connectivity index (χ1) is 25.9. The minimum atomic E-state index is -0.764. The van der Waals surface area contributed by atoms with Crippen molar-refractivity contribution in [1.29, 1.82) is 0 Å². The van der Waals surface area contributed by atoms with Crippen molar-refractivity contribution in [3.63, 3.8) is 0 Å². The van der Waals surface area contributed by atoms with E-state index in [0.717, 1.165) is 33.4 Å². The van der Waals surface area contributed by atoms with E-state index in [-0.39, 0.29) is 12.2 Å².